The van der Waals surface area contributed by atoms with E-state index >= 15 is 0 Å². The summed E-state index contributed by atoms with van der Waals surface area (Å²) >= 11 is 0. The minimum absolute atomic E-state index is 0.0416. The average molecular weight is 346 g/mol. The molecule has 0 radical (unpaired) electrons. The summed E-state index contributed by atoms with van der Waals surface area (Å²) in [7, 11) is 2.15. The number of aromatic nitrogens is 2. The number of hydrogen-bond donors (Lipinski definition) is 0. The maximum atomic E-state index is 11.6. The number of amides is 1. The third kappa shape index (κ3) is 4.27. The second kappa shape index (κ2) is 7.25. The maximum absolute atomic E-state index is 11.6. The third-order valence-corrected chi connectivity index (χ3v) is 5.37. The van der Waals surface area contributed by atoms with Crippen molar-refractivity contribution >= 4 is 11.9 Å². The Bertz CT molecular complexity index is 594. The Hall–Kier alpha value is -1.73. The molecule has 2 fully saturated rings. The van der Waals surface area contributed by atoms with Crippen LogP contribution in [0.4, 0.5) is 5.95 Å². The van der Waals surface area contributed by atoms with Crippen molar-refractivity contribution in [3.05, 3.63) is 18.0 Å². The van der Waals surface area contributed by atoms with Gasteiger partial charge in [-0.3, -0.25) is 9.69 Å². The van der Waals surface area contributed by atoms with Crippen molar-refractivity contribution in [2.75, 3.05) is 57.8 Å². The Morgan fingerprint density at radius 1 is 1.08 bits per heavy atom. The van der Waals surface area contributed by atoms with Crippen molar-refractivity contribution in [3.63, 3.8) is 0 Å². The van der Waals surface area contributed by atoms with E-state index in [1.54, 1.807) is 6.92 Å². The highest BCUT2D eigenvalue weighted by atomic mass is 16.2. The molecule has 2 aliphatic rings. The van der Waals surface area contributed by atoms with Crippen molar-refractivity contribution in [2.24, 2.45) is 0 Å². The molecule has 0 aliphatic carbocycles. The number of rotatable bonds is 3. The quantitative estimate of drug-likeness (QED) is 0.802. The molecule has 2 saturated heterocycles. The molecule has 3 rings (SSSR count). The van der Waals surface area contributed by atoms with Gasteiger partial charge in [0.2, 0.25) is 11.9 Å². The molecule has 0 N–H and O–H groups in total. The summed E-state index contributed by atoms with van der Waals surface area (Å²) in [4.78, 5) is 29.7. The van der Waals surface area contributed by atoms with Gasteiger partial charge < -0.3 is 14.7 Å². The predicted molar refractivity (Wildman–Crippen MR) is 98.5 cm³/mol. The summed E-state index contributed by atoms with van der Waals surface area (Å²) in [6.45, 7) is 13.4. The molecule has 25 heavy (non-hydrogen) atoms. The maximum Gasteiger partial charge on any atom is 0.225 e. The fraction of sp³-hybridized carbons (Fsp3) is 0.722. The van der Waals surface area contributed by atoms with Gasteiger partial charge in [0.1, 0.15) is 0 Å². The van der Waals surface area contributed by atoms with E-state index in [2.05, 4.69) is 45.6 Å². The van der Waals surface area contributed by atoms with E-state index in [0.717, 1.165) is 63.9 Å². The second-order valence-electron chi connectivity index (χ2n) is 7.86. The van der Waals surface area contributed by atoms with Crippen LogP contribution >= 0.6 is 0 Å². The summed E-state index contributed by atoms with van der Waals surface area (Å²) in [5, 5.41) is 0. The topological polar surface area (TPSA) is 55.8 Å². The van der Waals surface area contributed by atoms with Gasteiger partial charge in [-0.05, 0) is 20.9 Å². The largest absolute Gasteiger partial charge is 0.340 e. The van der Waals surface area contributed by atoms with E-state index in [1.165, 1.54) is 0 Å². The Morgan fingerprint density at radius 2 is 1.72 bits per heavy atom. The van der Waals surface area contributed by atoms with Gasteiger partial charge in [-0.1, -0.05) is 0 Å². The molecule has 3 heterocycles. The highest BCUT2D eigenvalue weighted by Crippen LogP contribution is 2.23. The predicted octanol–water partition coefficient (Wildman–Crippen LogP) is 0.671. The first-order valence-corrected chi connectivity index (χ1v) is 9.10. The zero-order valence-electron chi connectivity index (χ0n) is 15.9. The van der Waals surface area contributed by atoms with E-state index in [4.69, 9.17) is 0 Å². The number of nitrogens with zero attached hydrogens (tertiary/aromatic N) is 6. The van der Waals surface area contributed by atoms with Crippen molar-refractivity contribution in [1.29, 1.82) is 0 Å². The van der Waals surface area contributed by atoms with Gasteiger partial charge in [-0.2, -0.15) is 0 Å². The van der Waals surface area contributed by atoms with Crippen molar-refractivity contribution in [3.8, 4) is 0 Å². The van der Waals surface area contributed by atoms with Crippen LogP contribution < -0.4 is 4.90 Å². The van der Waals surface area contributed by atoms with E-state index in [9.17, 15) is 4.79 Å². The second-order valence-corrected chi connectivity index (χ2v) is 7.86. The molecule has 0 saturated carbocycles. The molecule has 7 nitrogen and oxygen atoms in total. The fourth-order valence-electron chi connectivity index (χ4n) is 3.57. The van der Waals surface area contributed by atoms with Crippen LogP contribution in [0.15, 0.2) is 12.4 Å². The van der Waals surface area contributed by atoms with Gasteiger partial charge in [-0.15, -0.1) is 0 Å². The first kappa shape index (κ1) is 18.1. The number of hydrogen-bond acceptors (Lipinski definition) is 6. The lowest BCUT2D eigenvalue weighted by Crippen LogP contribution is -2.59. The first-order valence-electron chi connectivity index (χ1n) is 9.10. The summed E-state index contributed by atoms with van der Waals surface area (Å²) < 4.78 is 0. The number of carbonyl (C=O) groups is 1. The van der Waals surface area contributed by atoms with Crippen LogP contribution in [-0.2, 0) is 11.3 Å². The van der Waals surface area contributed by atoms with E-state index in [-0.39, 0.29) is 11.4 Å². The zero-order chi connectivity index (χ0) is 18.0. The first-order chi connectivity index (χ1) is 11.8. The Morgan fingerprint density at radius 3 is 2.28 bits per heavy atom. The van der Waals surface area contributed by atoms with Gasteiger partial charge in [0.05, 0.1) is 0 Å². The molecule has 0 spiro atoms. The summed E-state index contributed by atoms with van der Waals surface area (Å²) in [6.07, 6.45) is 3.90. The minimum atomic E-state index is -0.0416. The Labute approximate surface area is 150 Å². The molecule has 1 aromatic rings. The Kier molecular flexibility index (Phi) is 5.24. The average Bonchev–Trinajstić information content (AvgIpc) is 2.58. The van der Waals surface area contributed by atoms with Crippen molar-refractivity contribution in [2.45, 2.75) is 32.9 Å². The highest BCUT2D eigenvalue weighted by Gasteiger charge is 2.34. The minimum Gasteiger partial charge on any atom is -0.340 e. The Balaban J connectivity index is 1.61. The van der Waals surface area contributed by atoms with Gasteiger partial charge in [0, 0.05) is 82.8 Å². The van der Waals surface area contributed by atoms with Crippen molar-refractivity contribution in [1.82, 2.24) is 24.7 Å². The highest BCUT2D eigenvalue weighted by molar-refractivity contribution is 5.73. The molecule has 0 unspecified atom stereocenters. The van der Waals surface area contributed by atoms with Gasteiger partial charge in [-0.25, -0.2) is 9.97 Å². The molecule has 0 bridgehead atoms. The number of likely N-dealkylation sites (N-methyl/N-ethyl adjacent to an activating group) is 1. The van der Waals surface area contributed by atoms with Crippen LogP contribution in [0.5, 0.6) is 0 Å². The van der Waals surface area contributed by atoms with Crippen LogP contribution in [-0.4, -0.2) is 89.0 Å². The summed E-state index contributed by atoms with van der Waals surface area (Å²) in [6, 6.07) is 0. The third-order valence-electron chi connectivity index (χ3n) is 5.37. The smallest absolute Gasteiger partial charge is 0.225 e. The lowest BCUT2D eigenvalue weighted by molar-refractivity contribution is -0.134. The van der Waals surface area contributed by atoms with Crippen molar-refractivity contribution < 1.29 is 4.79 Å². The molecule has 1 aromatic heterocycles. The normalized spacial score (nSPS) is 22.2. The van der Waals surface area contributed by atoms with Gasteiger partial charge in [0.15, 0.2) is 0 Å². The van der Waals surface area contributed by atoms with E-state index in [0.29, 0.717) is 0 Å². The molecular formula is C18H30N6O. The SMILES string of the molecule is CC(=O)N1CCN(Cc2cnc(N3CCN(C)CC3)nc2)C(C)(C)C1. The molecule has 0 atom stereocenters. The lowest BCUT2D eigenvalue weighted by atomic mass is 9.98. The van der Waals surface area contributed by atoms with Crippen LogP contribution in [0.25, 0.3) is 0 Å². The molecule has 0 aromatic carbocycles. The van der Waals surface area contributed by atoms with Crippen LogP contribution in [0.3, 0.4) is 0 Å². The molecule has 7 heteroatoms. The van der Waals surface area contributed by atoms with Crippen LogP contribution in [0.2, 0.25) is 0 Å². The summed E-state index contributed by atoms with van der Waals surface area (Å²) in [5.74, 6) is 0.991. The van der Waals surface area contributed by atoms with Crippen LogP contribution in [0, 0.1) is 0 Å². The molecule has 1 amide bonds. The number of anilines is 1. The van der Waals surface area contributed by atoms with E-state index < -0.39 is 0 Å². The molecule has 138 valence electrons. The standard InChI is InChI=1S/C18H30N6O/c1-15(25)23-9-10-24(18(2,3)14-23)13-16-11-19-17(20-12-16)22-7-5-21(4)6-8-22/h11-12H,5-10,13-14H2,1-4H3. The number of carbonyl (C=O) groups excluding carboxylic acids is 1. The van der Waals surface area contributed by atoms with Crippen LogP contribution in [0.1, 0.15) is 26.3 Å². The van der Waals surface area contributed by atoms with E-state index in [1.807, 2.05) is 17.3 Å². The lowest BCUT2D eigenvalue weighted by Gasteiger charge is -2.47. The number of piperazine rings is 2. The monoisotopic (exact) mass is 346 g/mol. The molecular weight excluding hydrogens is 316 g/mol. The van der Waals surface area contributed by atoms with Gasteiger partial charge in [0.25, 0.3) is 0 Å². The molecule has 2 aliphatic heterocycles. The fourth-order valence-corrected chi connectivity index (χ4v) is 3.57. The van der Waals surface area contributed by atoms with Gasteiger partial charge >= 0.3 is 0 Å². The summed E-state index contributed by atoms with van der Waals surface area (Å²) in [5.41, 5.74) is 1.09. The zero-order valence-corrected chi connectivity index (χ0v) is 15.9.